The Hall–Kier alpha value is -2.41. The van der Waals surface area contributed by atoms with Gasteiger partial charge in [0.25, 0.3) is 0 Å². The number of rotatable bonds is 3. The maximum Gasteiger partial charge on any atom is 0.164 e. The van der Waals surface area contributed by atoms with E-state index in [0.717, 1.165) is 11.4 Å². The van der Waals surface area contributed by atoms with E-state index in [1.807, 2.05) is 17.9 Å². The first-order chi connectivity index (χ1) is 8.76. The van der Waals surface area contributed by atoms with Crippen molar-refractivity contribution in [1.29, 1.82) is 5.26 Å². The Kier molecular flexibility index (Phi) is 3.54. The summed E-state index contributed by atoms with van der Waals surface area (Å²) < 4.78 is 12.9. The molecular weight excluding hydrogens is 229 g/mol. The number of pyridine rings is 1. The van der Waals surface area contributed by atoms with Crippen LogP contribution in [0.3, 0.4) is 0 Å². The van der Waals surface area contributed by atoms with Gasteiger partial charge in [0.15, 0.2) is 5.69 Å². The Morgan fingerprint density at radius 3 is 2.61 bits per heavy atom. The summed E-state index contributed by atoms with van der Waals surface area (Å²) in [5.41, 5.74) is 1.93. The Morgan fingerprint density at radius 1 is 1.28 bits per heavy atom. The van der Waals surface area contributed by atoms with Crippen LogP contribution < -0.4 is 4.90 Å². The van der Waals surface area contributed by atoms with Crippen LogP contribution in [0.2, 0.25) is 0 Å². The summed E-state index contributed by atoms with van der Waals surface area (Å²) in [6.45, 7) is 2.64. The van der Waals surface area contributed by atoms with Crippen molar-refractivity contribution in [3.63, 3.8) is 0 Å². The van der Waals surface area contributed by atoms with Gasteiger partial charge in [0.05, 0.1) is 5.69 Å². The normalized spacial score (nSPS) is 9.83. The van der Waals surface area contributed by atoms with Gasteiger partial charge in [-0.1, -0.05) is 0 Å². The summed E-state index contributed by atoms with van der Waals surface area (Å²) in [7, 11) is 0. The Morgan fingerprint density at radius 2 is 2.00 bits per heavy atom. The van der Waals surface area contributed by atoms with Crippen molar-refractivity contribution in [2.75, 3.05) is 11.4 Å². The minimum atomic E-state index is -0.276. The molecule has 0 bridgehead atoms. The molecule has 1 heterocycles. The van der Waals surface area contributed by atoms with Gasteiger partial charge in [0, 0.05) is 18.4 Å². The molecule has 0 N–H and O–H groups in total. The molecule has 0 aliphatic rings. The number of nitrogens with zero attached hydrogens (tertiary/aromatic N) is 3. The quantitative estimate of drug-likeness (QED) is 0.828. The molecule has 0 unspecified atom stereocenters. The molecule has 0 amide bonds. The van der Waals surface area contributed by atoms with Crippen LogP contribution in [0.5, 0.6) is 0 Å². The van der Waals surface area contributed by atoms with Crippen molar-refractivity contribution in [3.8, 4) is 6.07 Å². The summed E-state index contributed by atoms with van der Waals surface area (Å²) in [5, 5.41) is 9.05. The van der Waals surface area contributed by atoms with Gasteiger partial charge in [-0.2, -0.15) is 5.26 Å². The summed E-state index contributed by atoms with van der Waals surface area (Å²) in [6.07, 6.45) is 1.58. The minimum absolute atomic E-state index is 0.276. The molecule has 4 heteroatoms. The van der Waals surface area contributed by atoms with Crippen LogP contribution in [0, 0.1) is 17.1 Å². The van der Waals surface area contributed by atoms with E-state index in [1.54, 1.807) is 24.4 Å². The van der Waals surface area contributed by atoms with Crippen molar-refractivity contribution in [3.05, 3.63) is 54.1 Å². The highest BCUT2D eigenvalue weighted by Crippen LogP contribution is 2.26. The van der Waals surface area contributed by atoms with Crippen molar-refractivity contribution in [2.24, 2.45) is 0 Å². The van der Waals surface area contributed by atoms with Crippen LogP contribution in [0.1, 0.15) is 12.6 Å². The predicted octanol–water partition coefficient (Wildman–Crippen LogP) is 3.25. The molecule has 0 saturated carbocycles. The number of nitriles is 1. The molecule has 2 rings (SSSR count). The van der Waals surface area contributed by atoms with Gasteiger partial charge in [-0.15, -0.1) is 0 Å². The monoisotopic (exact) mass is 241 g/mol. The zero-order chi connectivity index (χ0) is 13.0. The van der Waals surface area contributed by atoms with E-state index in [9.17, 15) is 4.39 Å². The topological polar surface area (TPSA) is 39.9 Å². The Bertz CT molecular complexity index is 572. The third-order valence-corrected chi connectivity index (χ3v) is 2.64. The number of halogens is 1. The van der Waals surface area contributed by atoms with Gasteiger partial charge >= 0.3 is 0 Å². The first-order valence-corrected chi connectivity index (χ1v) is 5.64. The molecule has 0 spiro atoms. The molecule has 0 saturated heterocycles. The molecule has 0 aliphatic heterocycles. The highest BCUT2D eigenvalue weighted by atomic mass is 19.1. The second-order valence-electron chi connectivity index (χ2n) is 3.70. The molecule has 3 nitrogen and oxygen atoms in total. The lowest BCUT2D eigenvalue weighted by Gasteiger charge is -2.23. The van der Waals surface area contributed by atoms with Crippen LogP contribution in [0.15, 0.2) is 42.6 Å². The van der Waals surface area contributed by atoms with Crippen molar-refractivity contribution < 1.29 is 4.39 Å². The summed E-state index contributed by atoms with van der Waals surface area (Å²) in [5.74, 6) is -0.276. The molecular formula is C14H12FN3. The highest BCUT2D eigenvalue weighted by Gasteiger charge is 2.12. The van der Waals surface area contributed by atoms with Crippen molar-refractivity contribution >= 4 is 11.4 Å². The number of aromatic nitrogens is 1. The first-order valence-electron chi connectivity index (χ1n) is 5.64. The lowest BCUT2D eigenvalue weighted by atomic mass is 10.2. The van der Waals surface area contributed by atoms with Crippen LogP contribution in [0.4, 0.5) is 15.8 Å². The third-order valence-electron chi connectivity index (χ3n) is 2.64. The van der Waals surface area contributed by atoms with Gasteiger partial charge < -0.3 is 4.90 Å². The zero-order valence-corrected chi connectivity index (χ0v) is 9.97. The number of hydrogen-bond acceptors (Lipinski definition) is 3. The fourth-order valence-electron chi connectivity index (χ4n) is 1.81. The molecule has 0 radical (unpaired) electrons. The lowest BCUT2D eigenvalue weighted by Crippen LogP contribution is -2.17. The Balaban J connectivity index is 2.46. The molecule has 0 aliphatic carbocycles. The summed E-state index contributed by atoms with van der Waals surface area (Å²) in [4.78, 5) is 5.95. The summed E-state index contributed by atoms with van der Waals surface area (Å²) >= 11 is 0. The van der Waals surface area contributed by atoms with E-state index in [4.69, 9.17) is 5.26 Å². The van der Waals surface area contributed by atoms with Gasteiger partial charge in [-0.3, -0.25) is 0 Å². The molecule has 18 heavy (non-hydrogen) atoms. The van der Waals surface area contributed by atoms with E-state index in [0.29, 0.717) is 12.2 Å². The van der Waals surface area contributed by atoms with E-state index < -0.39 is 0 Å². The number of benzene rings is 1. The fraction of sp³-hybridized carbons (Fsp3) is 0.143. The molecule has 0 fully saturated rings. The molecule has 2 aromatic rings. The van der Waals surface area contributed by atoms with Gasteiger partial charge in [-0.25, -0.2) is 9.37 Å². The fourth-order valence-corrected chi connectivity index (χ4v) is 1.81. The van der Waals surface area contributed by atoms with Gasteiger partial charge in [0.2, 0.25) is 0 Å². The molecule has 90 valence electrons. The first kappa shape index (κ1) is 12.1. The van der Waals surface area contributed by atoms with Crippen molar-refractivity contribution in [1.82, 2.24) is 4.98 Å². The van der Waals surface area contributed by atoms with Crippen molar-refractivity contribution in [2.45, 2.75) is 6.92 Å². The molecule has 0 atom stereocenters. The summed E-state index contributed by atoms with van der Waals surface area (Å²) in [6, 6.07) is 11.9. The van der Waals surface area contributed by atoms with Crippen LogP contribution in [-0.4, -0.2) is 11.5 Å². The second-order valence-corrected chi connectivity index (χ2v) is 3.70. The smallest absolute Gasteiger partial charge is 0.164 e. The molecule has 1 aromatic carbocycles. The van der Waals surface area contributed by atoms with E-state index in [1.165, 1.54) is 12.1 Å². The maximum atomic E-state index is 12.9. The van der Waals surface area contributed by atoms with E-state index >= 15 is 0 Å². The van der Waals surface area contributed by atoms with Crippen LogP contribution >= 0.6 is 0 Å². The largest absolute Gasteiger partial charge is 0.339 e. The highest BCUT2D eigenvalue weighted by molar-refractivity contribution is 5.67. The second kappa shape index (κ2) is 5.28. The maximum absolute atomic E-state index is 12.9. The molecule has 1 aromatic heterocycles. The lowest BCUT2D eigenvalue weighted by molar-refractivity contribution is 0.628. The number of hydrogen-bond donors (Lipinski definition) is 0. The Labute approximate surface area is 105 Å². The predicted molar refractivity (Wildman–Crippen MR) is 68.0 cm³/mol. The standard InChI is InChI=1S/C14H12FN3/c1-2-18(12-7-5-11(15)6-8-12)14-4-3-9-17-13(14)10-16/h3-9H,2H2,1H3. The number of anilines is 2. The zero-order valence-electron chi connectivity index (χ0n) is 9.97. The SMILES string of the molecule is CCN(c1ccc(F)cc1)c1cccnc1C#N. The van der Waals surface area contributed by atoms with Gasteiger partial charge in [0.1, 0.15) is 11.9 Å². The average molecular weight is 241 g/mol. The third kappa shape index (κ3) is 2.30. The minimum Gasteiger partial charge on any atom is -0.339 e. The van der Waals surface area contributed by atoms with E-state index in [-0.39, 0.29) is 5.82 Å². The van der Waals surface area contributed by atoms with Crippen LogP contribution in [-0.2, 0) is 0 Å². The average Bonchev–Trinajstić information content (AvgIpc) is 2.42. The van der Waals surface area contributed by atoms with E-state index in [2.05, 4.69) is 11.1 Å². The van der Waals surface area contributed by atoms with Gasteiger partial charge in [-0.05, 0) is 43.3 Å². The van der Waals surface area contributed by atoms with Crippen LogP contribution in [0.25, 0.3) is 0 Å².